The number of methoxy groups -OCH3 is 1. The number of rotatable bonds is 7. The molecule has 0 unspecified atom stereocenters. The van der Waals surface area contributed by atoms with Crippen LogP contribution in [0.25, 0.3) is 0 Å². The van der Waals surface area contributed by atoms with Crippen LogP contribution in [-0.4, -0.2) is 44.4 Å². The molecule has 0 amide bonds. The smallest absolute Gasteiger partial charge is 0.315 e. The summed E-state index contributed by atoms with van der Waals surface area (Å²) < 4.78 is 16.1. The maximum absolute atomic E-state index is 13.2. The number of nitrogens with zero attached hydrogens (tertiary/aromatic N) is 1. The molecule has 0 saturated heterocycles. The van der Waals surface area contributed by atoms with Gasteiger partial charge in [0.15, 0.2) is 5.78 Å². The van der Waals surface area contributed by atoms with E-state index in [-0.39, 0.29) is 23.8 Å². The molecule has 6 heteroatoms. The Morgan fingerprint density at radius 2 is 2.00 bits per heavy atom. The standard InChI is InChI=1S/C24H31NO5/c1-6-29-17-9-7-8-16(12-17)21-20(23(27)30-11-10-28-5)15(2)25-18-13-24(3,4)14-19(26)22(18)21/h7-9,12,20-21H,6,10-11,13-14H2,1-5H3/t20-,21+/m1/s1. The normalized spacial score (nSPS) is 23.0. The van der Waals surface area contributed by atoms with Gasteiger partial charge in [-0.25, -0.2) is 0 Å². The molecular weight excluding hydrogens is 382 g/mol. The number of carbonyl (C=O) groups is 2. The third-order valence-electron chi connectivity index (χ3n) is 5.62. The highest BCUT2D eigenvalue weighted by atomic mass is 16.6. The van der Waals surface area contributed by atoms with E-state index in [0.717, 1.165) is 11.3 Å². The number of hydrogen-bond acceptors (Lipinski definition) is 6. The first-order valence-corrected chi connectivity index (χ1v) is 10.5. The number of Topliss-reactive ketones (excluding diaryl/α,β-unsaturated/α-hetero) is 1. The number of carbonyl (C=O) groups excluding carboxylic acids is 2. The van der Waals surface area contributed by atoms with Crippen LogP contribution in [0.4, 0.5) is 0 Å². The van der Waals surface area contributed by atoms with Crippen LogP contribution in [0, 0.1) is 11.3 Å². The van der Waals surface area contributed by atoms with Gasteiger partial charge in [-0.1, -0.05) is 26.0 Å². The summed E-state index contributed by atoms with van der Waals surface area (Å²) in [5, 5.41) is 0. The van der Waals surface area contributed by atoms with Crippen molar-refractivity contribution in [3.8, 4) is 5.75 Å². The first-order chi connectivity index (χ1) is 14.3. The lowest BCUT2D eigenvalue weighted by Gasteiger charge is -2.39. The molecule has 1 aliphatic carbocycles. The van der Waals surface area contributed by atoms with Crippen LogP contribution >= 0.6 is 0 Å². The molecule has 30 heavy (non-hydrogen) atoms. The topological polar surface area (TPSA) is 74.2 Å². The monoisotopic (exact) mass is 413 g/mol. The molecular formula is C24H31NO5. The molecule has 2 aliphatic rings. The molecule has 0 aromatic heterocycles. The Labute approximate surface area is 178 Å². The van der Waals surface area contributed by atoms with E-state index in [1.54, 1.807) is 7.11 Å². The Morgan fingerprint density at radius 3 is 2.70 bits per heavy atom. The van der Waals surface area contributed by atoms with Crippen LogP contribution in [0.15, 0.2) is 40.5 Å². The first-order valence-electron chi connectivity index (χ1n) is 10.5. The Balaban J connectivity index is 2.08. The van der Waals surface area contributed by atoms with Crippen LogP contribution in [0.5, 0.6) is 5.75 Å². The highest BCUT2D eigenvalue weighted by Gasteiger charge is 2.46. The van der Waals surface area contributed by atoms with Gasteiger partial charge in [-0.05, 0) is 43.4 Å². The summed E-state index contributed by atoms with van der Waals surface area (Å²) in [7, 11) is 1.56. The molecule has 0 bridgehead atoms. The molecule has 2 atom stereocenters. The summed E-state index contributed by atoms with van der Waals surface area (Å²) >= 11 is 0. The van der Waals surface area contributed by atoms with Crippen molar-refractivity contribution >= 4 is 17.5 Å². The summed E-state index contributed by atoms with van der Waals surface area (Å²) in [4.78, 5) is 31.0. The summed E-state index contributed by atoms with van der Waals surface area (Å²) in [6, 6.07) is 7.63. The Morgan fingerprint density at radius 1 is 1.23 bits per heavy atom. The maximum Gasteiger partial charge on any atom is 0.315 e. The fourth-order valence-corrected chi connectivity index (χ4v) is 4.39. The number of ether oxygens (including phenoxy) is 3. The lowest BCUT2D eigenvalue weighted by Crippen LogP contribution is -2.39. The molecule has 0 spiro atoms. The minimum absolute atomic E-state index is 0.0546. The van der Waals surface area contributed by atoms with Crippen molar-refractivity contribution in [1.29, 1.82) is 0 Å². The average molecular weight is 414 g/mol. The largest absolute Gasteiger partial charge is 0.494 e. The second-order valence-electron chi connectivity index (χ2n) is 8.68. The van der Waals surface area contributed by atoms with Gasteiger partial charge in [0.25, 0.3) is 0 Å². The molecule has 0 radical (unpaired) electrons. The van der Waals surface area contributed by atoms with E-state index in [0.29, 0.717) is 43.1 Å². The van der Waals surface area contributed by atoms with Gasteiger partial charge in [0, 0.05) is 36.4 Å². The van der Waals surface area contributed by atoms with Gasteiger partial charge >= 0.3 is 5.97 Å². The second kappa shape index (κ2) is 9.13. The molecule has 162 valence electrons. The van der Waals surface area contributed by atoms with Crippen LogP contribution < -0.4 is 4.74 Å². The number of aliphatic imine (C=N–C) groups is 1. The Bertz CT molecular complexity index is 883. The molecule has 6 nitrogen and oxygen atoms in total. The third-order valence-corrected chi connectivity index (χ3v) is 5.62. The molecule has 0 saturated carbocycles. The van der Waals surface area contributed by atoms with Crippen LogP contribution in [0.1, 0.15) is 52.0 Å². The predicted molar refractivity (Wildman–Crippen MR) is 115 cm³/mol. The zero-order valence-electron chi connectivity index (χ0n) is 18.5. The molecule has 0 N–H and O–H groups in total. The number of hydrogen-bond donors (Lipinski definition) is 0. The minimum Gasteiger partial charge on any atom is -0.494 e. The van der Waals surface area contributed by atoms with Gasteiger partial charge in [-0.15, -0.1) is 0 Å². The van der Waals surface area contributed by atoms with E-state index in [9.17, 15) is 9.59 Å². The Hall–Kier alpha value is -2.47. The van der Waals surface area contributed by atoms with Crippen molar-refractivity contribution in [2.75, 3.05) is 26.9 Å². The zero-order valence-corrected chi connectivity index (χ0v) is 18.5. The Kier molecular flexibility index (Phi) is 6.76. The minimum atomic E-state index is -0.650. The van der Waals surface area contributed by atoms with E-state index in [1.165, 1.54) is 0 Å². The fraction of sp³-hybridized carbons (Fsp3) is 0.542. The van der Waals surface area contributed by atoms with Crippen molar-refractivity contribution in [1.82, 2.24) is 0 Å². The van der Waals surface area contributed by atoms with Gasteiger partial charge in [0.05, 0.1) is 13.2 Å². The van der Waals surface area contributed by atoms with E-state index in [2.05, 4.69) is 13.8 Å². The van der Waals surface area contributed by atoms with Gasteiger partial charge in [0.1, 0.15) is 18.3 Å². The van der Waals surface area contributed by atoms with Crippen molar-refractivity contribution in [3.05, 3.63) is 41.1 Å². The van der Waals surface area contributed by atoms with Gasteiger partial charge in [-0.3, -0.25) is 14.6 Å². The lowest BCUT2D eigenvalue weighted by atomic mass is 9.67. The van der Waals surface area contributed by atoms with Crippen molar-refractivity contribution in [2.24, 2.45) is 16.3 Å². The van der Waals surface area contributed by atoms with Gasteiger partial charge < -0.3 is 14.2 Å². The van der Waals surface area contributed by atoms with E-state index >= 15 is 0 Å². The summed E-state index contributed by atoms with van der Waals surface area (Å²) in [5.74, 6) is -0.699. The second-order valence-corrected chi connectivity index (χ2v) is 8.68. The van der Waals surface area contributed by atoms with Crippen molar-refractivity contribution in [3.63, 3.8) is 0 Å². The SMILES string of the molecule is CCOc1cccc([C@@H]2C3=C(CC(C)(C)CC3=O)N=C(C)[C@H]2C(=O)OCCOC)c1. The van der Waals surface area contributed by atoms with Crippen molar-refractivity contribution < 1.29 is 23.8 Å². The van der Waals surface area contributed by atoms with E-state index in [1.807, 2.05) is 38.1 Å². The highest BCUT2D eigenvalue weighted by molar-refractivity contribution is 6.09. The molecule has 1 aromatic carbocycles. The highest BCUT2D eigenvalue weighted by Crippen LogP contribution is 2.48. The fourth-order valence-electron chi connectivity index (χ4n) is 4.39. The first kappa shape index (κ1) is 22.2. The summed E-state index contributed by atoms with van der Waals surface area (Å²) in [5.41, 5.74) is 2.82. The van der Waals surface area contributed by atoms with E-state index < -0.39 is 11.8 Å². The number of ketones is 1. The number of benzene rings is 1. The summed E-state index contributed by atoms with van der Waals surface area (Å²) in [6.07, 6.45) is 1.14. The number of esters is 1. The molecule has 0 fully saturated rings. The van der Waals surface area contributed by atoms with Crippen LogP contribution in [0.3, 0.4) is 0 Å². The zero-order chi connectivity index (χ0) is 21.9. The average Bonchev–Trinajstić information content (AvgIpc) is 2.66. The maximum atomic E-state index is 13.2. The van der Waals surface area contributed by atoms with Crippen LogP contribution in [0.2, 0.25) is 0 Å². The van der Waals surface area contributed by atoms with Gasteiger partial charge in [-0.2, -0.15) is 0 Å². The van der Waals surface area contributed by atoms with E-state index in [4.69, 9.17) is 19.2 Å². The quantitative estimate of drug-likeness (QED) is 0.497. The molecule has 1 aliphatic heterocycles. The molecule has 1 aromatic rings. The van der Waals surface area contributed by atoms with Gasteiger partial charge in [0.2, 0.25) is 0 Å². The number of allylic oxidation sites excluding steroid dienone is 2. The molecule has 1 heterocycles. The molecule has 3 rings (SSSR count). The van der Waals surface area contributed by atoms with Crippen molar-refractivity contribution in [2.45, 2.75) is 46.5 Å². The third kappa shape index (κ3) is 4.64. The summed E-state index contributed by atoms with van der Waals surface area (Å²) in [6.45, 7) is 8.95. The lowest BCUT2D eigenvalue weighted by molar-refractivity contribution is -0.147. The van der Waals surface area contributed by atoms with Crippen LogP contribution in [-0.2, 0) is 19.1 Å². The predicted octanol–water partition coefficient (Wildman–Crippen LogP) is 4.09.